The fourth-order valence-corrected chi connectivity index (χ4v) is 2.02. The standard InChI is InChI=1S/C13H13ClFNO/c1-8-11(4-5-17-8)13(16)7-9-6-10(14)2-3-12(9)15/h2-6,13H,7,16H2,1H3. The third-order valence-corrected chi connectivity index (χ3v) is 2.98. The van der Waals surface area contributed by atoms with Gasteiger partial charge >= 0.3 is 0 Å². The van der Waals surface area contributed by atoms with Crippen LogP contribution in [0.4, 0.5) is 4.39 Å². The van der Waals surface area contributed by atoms with Crippen LogP contribution in [0.25, 0.3) is 0 Å². The van der Waals surface area contributed by atoms with Crippen molar-refractivity contribution in [2.24, 2.45) is 5.73 Å². The van der Waals surface area contributed by atoms with E-state index in [2.05, 4.69) is 0 Å². The van der Waals surface area contributed by atoms with E-state index in [9.17, 15) is 4.39 Å². The van der Waals surface area contributed by atoms with Crippen molar-refractivity contribution in [3.05, 3.63) is 58.3 Å². The number of benzene rings is 1. The van der Waals surface area contributed by atoms with E-state index in [1.165, 1.54) is 12.1 Å². The lowest BCUT2D eigenvalue weighted by atomic mass is 10.00. The maximum absolute atomic E-state index is 13.5. The molecule has 0 saturated heterocycles. The second-order valence-corrected chi connectivity index (χ2v) is 4.41. The lowest BCUT2D eigenvalue weighted by molar-refractivity contribution is 0.522. The van der Waals surface area contributed by atoms with Crippen LogP contribution in [-0.2, 0) is 6.42 Å². The van der Waals surface area contributed by atoms with Gasteiger partial charge in [-0.1, -0.05) is 11.6 Å². The first-order valence-corrected chi connectivity index (χ1v) is 5.69. The Bertz CT molecular complexity index is 524. The average Bonchev–Trinajstić information content (AvgIpc) is 2.70. The number of furan rings is 1. The Morgan fingerprint density at radius 2 is 2.18 bits per heavy atom. The summed E-state index contributed by atoms with van der Waals surface area (Å²) in [4.78, 5) is 0. The largest absolute Gasteiger partial charge is 0.469 e. The molecule has 0 aliphatic carbocycles. The first kappa shape index (κ1) is 12.1. The molecule has 1 aromatic heterocycles. The van der Waals surface area contributed by atoms with Gasteiger partial charge in [0.25, 0.3) is 0 Å². The smallest absolute Gasteiger partial charge is 0.126 e. The van der Waals surface area contributed by atoms with Crippen LogP contribution in [0.15, 0.2) is 34.9 Å². The van der Waals surface area contributed by atoms with Gasteiger partial charge in [-0.2, -0.15) is 0 Å². The molecule has 0 radical (unpaired) electrons. The minimum Gasteiger partial charge on any atom is -0.469 e. The molecule has 0 aliphatic rings. The predicted molar refractivity (Wildman–Crippen MR) is 65.5 cm³/mol. The summed E-state index contributed by atoms with van der Waals surface area (Å²) < 4.78 is 18.7. The number of nitrogens with two attached hydrogens (primary N) is 1. The molecular formula is C13H13ClFNO. The second-order valence-electron chi connectivity index (χ2n) is 3.98. The molecule has 0 amide bonds. The zero-order chi connectivity index (χ0) is 12.4. The number of hydrogen-bond acceptors (Lipinski definition) is 2. The quantitative estimate of drug-likeness (QED) is 0.907. The fraction of sp³-hybridized carbons (Fsp3) is 0.231. The van der Waals surface area contributed by atoms with E-state index in [4.69, 9.17) is 21.8 Å². The number of aryl methyl sites for hydroxylation is 1. The van der Waals surface area contributed by atoms with Crippen LogP contribution in [-0.4, -0.2) is 0 Å². The van der Waals surface area contributed by atoms with E-state index in [1.54, 1.807) is 12.3 Å². The van der Waals surface area contributed by atoms with Crippen molar-refractivity contribution in [1.29, 1.82) is 0 Å². The van der Waals surface area contributed by atoms with Gasteiger partial charge in [0.2, 0.25) is 0 Å². The molecule has 2 aromatic rings. The van der Waals surface area contributed by atoms with E-state index >= 15 is 0 Å². The first-order valence-electron chi connectivity index (χ1n) is 5.31. The number of rotatable bonds is 3. The molecule has 0 spiro atoms. The summed E-state index contributed by atoms with van der Waals surface area (Å²) in [5.74, 6) is 0.478. The van der Waals surface area contributed by atoms with Gasteiger partial charge in [0.05, 0.1) is 6.26 Å². The summed E-state index contributed by atoms with van der Waals surface area (Å²) >= 11 is 5.83. The molecule has 1 heterocycles. The Hall–Kier alpha value is -1.32. The maximum Gasteiger partial charge on any atom is 0.126 e. The van der Waals surface area contributed by atoms with Gasteiger partial charge in [0.1, 0.15) is 11.6 Å². The summed E-state index contributed by atoms with van der Waals surface area (Å²) in [5, 5.41) is 0.512. The van der Waals surface area contributed by atoms with Crippen LogP contribution in [0.3, 0.4) is 0 Å². The van der Waals surface area contributed by atoms with Gasteiger partial charge in [-0.15, -0.1) is 0 Å². The highest BCUT2D eigenvalue weighted by Crippen LogP contribution is 2.23. The topological polar surface area (TPSA) is 39.2 Å². The predicted octanol–water partition coefficient (Wildman–Crippen LogP) is 3.62. The van der Waals surface area contributed by atoms with Crippen LogP contribution in [0.2, 0.25) is 5.02 Å². The maximum atomic E-state index is 13.5. The van der Waals surface area contributed by atoms with Gasteiger partial charge in [-0.25, -0.2) is 4.39 Å². The lowest BCUT2D eigenvalue weighted by Gasteiger charge is -2.11. The first-order chi connectivity index (χ1) is 8.08. The summed E-state index contributed by atoms with van der Waals surface area (Å²) in [6.07, 6.45) is 1.98. The van der Waals surface area contributed by atoms with E-state index < -0.39 is 0 Å². The Morgan fingerprint density at radius 1 is 1.41 bits per heavy atom. The highest BCUT2D eigenvalue weighted by Gasteiger charge is 2.14. The summed E-state index contributed by atoms with van der Waals surface area (Å²) in [6.45, 7) is 1.84. The third-order valence-electron chi connectivity index (χ3n) is 2.75. The molecule has 2 rings (SSSR count). The minimum absolute atomic E-state index is 0.286. The van der Waals surface area contributed by atoms with Crippen LogP contribution in [0.1, 0.15) is 22.9 Å². The minimum atomic E-state index is -0.290. The van der Waals surface area contributed by atoms with E-state index in [0.29, 0.717) is 17.0 Å². The normalized spacial score (nSPS) is 12.7. The summed E-state index contributed by atoms with van der Waals surface area (Å²) in [6, 6.07) is 6.00. The van der Waals surface area contributed by atoms with E-state index in [1.807, 2.05) is 13.0 Å². The Morgan fingerprint density at radius 3 is 2.82 bits per heavy atom. The van der Waals surface area contributed by atoms with Crippen molar-refractivity contribution in [1.82, 2.24) is 0 Å². The van der Waals surface area contributed by atoms with Crippen molar-refractivity contribution in [3.63, 3.8) is 0 Å². The zero-order valence-electron chi connectivity index (χ0n) is 9.41. The van der Waals surface area contributed by atoms with Crippen molar-refractivity contribution in [3.8, 4) is 0 Å². The molecular weight excluding hydrogens is 241 g/mol. The fourth-order valence-electron chi connectivity index (χ4n) is 1.83. The number of halogens is 2. The van der Waals surface area contributed by atoms with E-state index in [-0.39, 0.29) is 11.9 Å². The van der Waals surface area contributed by atoms with Gasteiger partial charge in [0, 0.05) is 16.6 Å². The Labute approximate surface area is 104 Å². The van der Waals surface area contributed by atoms with Gasteiger partial charge in [-0.3, -0.25) is 0 Å². The van der Waals surface area contributed by atoms with Crippen molar-refractivity contribution in [2.45, 2.75) is 19.4 Å². The van der Waals surface area contributed by atoms with Crippen LogP contribution < -0.4 is 5.73 Å². The van der Waals surface area contributed by atoms with Gasteiger partial charge < -0.3 is 10.2 Å². The molecule has 1 unspecified atom stereocenters. The lowest BCUT2D eigenvalue weighted by Crippen LogP contribution is -2.14. The van der Waals surface area contributed by atoms with Crippen molar-refractivity contribution >= 4 is 11.6 Å². The summed E-state index contributed by atoms with van der Waals surface area (Å²) in [7, 11) is 0. The van der Waals surface area contributed by atoms with Crippen LogP contribution in [0, 0.1) is 12.7 Å². The highest BCUT2D eigenvalue weighted by molar-refractivity contribution is 6.30. The van der Waals surface area contributed by atoms with Crippen molar-refractivity contribution < 1.29 is 8.81 Å². The highest BCUT2D eigenvalue weighted by atomic mass is 35.5. The Balaban J connectivity index is 2.21. The molecule has 4 heteroatoms. The summed E-state index contributed by atoms with van der Waals surface area (Å²) in [5.41, 5.74) is 7.43. The molecule has 0 aliphatic heterocycles. The van der Waals surface area contributed by atoms with E-state index in [0.717, 1.165) is 11.3 Å². The molecule has 17 heavy (non-hydrogen) atoms. The third kappa shape index (κ3) is 2.68. The average molecular weight is 254 g/mol. The monoisotopic (exact) mass is 253 g/mol. The molecule has 2 nitrogen and oxygen atoms in total. The van der Waals surface area contributed by atoms with Crippen LogP contribution in [0.5, 0.6) is 0 Å². The zero-order valence-corrected chi connectivity index (χ0v) is 10.2. The Kier molecular flexibility index (Phi) is 3.50. The number of hydrogen-bond donors (Lipinski definition) is 1. The molecule has 1 aromatic carbocycles. The molecule has 0 bridgehead atoms. The van der Waals surface area contributed by atoms with Crippen LogP contribution >= 0.6 is 11.6 Å². The SMILES string of the molecule is Cc1occc1C(N)Cc1cc(Cl)ccc1F. The molecule has 90 valence electrons. The van der Waals surface area contributed by atoms with Gasteiger partial charge in [-0.05, 0) is 43.2 Å². The molecule has 2 N–H and O–H groups in total. The van der Waals surface area contributed by atoms with Gasteiger partial charge in [0.15, 0.2) is 0 Å². The molecule has 0 fully saturated rings. The van der Waals surface area contributed by atoms with Crippen molar-refractivity contribution in [2.75, 3.05) is 0 Å². The molecule has 0 saturated carbocycles. The molecule has 1 atom stereocenters. The second kappa shape index (κ2) is 4.90.